The van der Waals surface area contributed by atoms with Gasteiger partial charge in [0.1, 0.15) is 0 Å². The van der Waals surface area contributed by atoms with Crippen LogP contribution in [-0.4, -0.2) is 24.5 Å². The zero-order chi connectivity index (χ0) is 14.4. The maximum absolute atomic E-state index is 3.76. The van der Waals surface area contributed by atoms with Gasteiger partial charge >= 0.3 is 0 Å². The Morgan fingerprint density at radius 2 is 1.95 bits per heavy atom. The Kier molecular flexibility index (Phi) is 5.37. The van der Waals surface area contributed by atoms with Gasteiger partial charge in [0.05, 0.1) is 0 Å². The maximum atomic E-state index is 3.76. The number of fused-ring (bicyclic) bond motifs is 1. The number of allylic oxidation sites excluding steroid dienone is 1. The first-order valence-corrected chi connectivity index (χ1v) is 7.50. The number of likely N-dealkylation sites (tertiary alicyclic amines) is 1. The first kappa shape index (κ1) is 14.8. The predicted molar refractivity (Wildman–Crippen MR) is 89.2 cm³/mol. The van der Waals surface area contributed by atoms with Crippen molar-refractivity contribution in [2.75, 3.05) is 13.6 Å². The summed E-state index contributed by atoms with van der Waals surface area (Å²) in [5.41, 5.74) is 1.35. The summed E-state index contributed by atoms with van der Waals surface area (Å²) in [5.74, 6) is 0. The van der Waals surface area contributed by atoms with E-state index in [1.807, 2.05) is 6.08 Å². The second-order valence-corrected chi connectivity index (χ2v) is 5.60. The van der Waals surface area contributed by atoms with E-state index in [1.54, 1.807) is 0 Å². The quantitative estimate of drug-likeness (QED) is 0.715. The van der Waals surface area contributed by atoms with Gasteiger partial charge in [-0.2, -0.15) is 0 Å². The molecule has 1 fully saturated rings. The van der Waals surface area contributed by atoms with Crippen LogP contribution in [0, 0.1) is 0 Å². The molecule has 2 aromatic carbocycles. The van der Waals surface area contributed by atoms with Crippen molar-refractivity contribution in [3.63, 3.8) is 0 Å². The highest BCUT2D eigenvalue weighted by atomic mass is 15.1. The average molecular weight is 267 g/mol. The number of rotatable bonds is 2. The molecule has 106 valence electrons. The topological polar surface area (TPSA) is 3.24 Å². The molecule has 0 spiro atoms. The van der Waals surface area contributed by atoms with Crippen LogP contribution in [0.2, 0.25) is 0 Å². The average Bonchev–Trinajstić information content (AvgIpc) is 2.84. The summed E-state index contributed by atoms with van der Waals surface area (Å²) in [7, 11) is 2.19. The molecule has 20 heavy (non-hydrogen) atoms. The molecule has 0 N–H and O–H groups in total. The number of benzene rings is 2. The molecule has 0 bridgehead atoms. The molecule has 0 radical (unpaired) electrons. The van der Waals surface area contributed by atoms with Crippen LogP contribution in [0.25, 0.3) is 10.8 Å². The fourth-order valence-electron chi connectivity index (χ4n) is 2.70. The molecule has 3 rings (SSSR count). The molecule has 0 aromatic heterocycles. The highest BCUT2D eigenvalue weighted by Gasteiger charge is 2.14. The van der Waals surface area contributed by atoms with Crippen molar-refractivity contribution < 1.29 is 0 Å². The van der Waals surface area contributed by atoms with Crippen molar-refractivity contribution in [2.45, 2.75) is 32.2 Å². The van der Waals surface area contributed by atoms with Gasteiger partial charge in [0.2, 0.25) is 0 Å². The van der Waals surface area contributed by atoms with Crippen LogP contribution in [0.4, 0.5) is 0 Å². The number of nitrogens with zero attached hydrogens (tertiary/aromatic N) is 1. The van der Waals surface area contributed by atoms with Crippen molar-refractivity contribution in [1.82, 2.24) is 4.90 Å². The molecule has 1 aliphatic rings. The lowest BCUT2D eigenvalue weighted by Crippen LogP contribution is -2.20. The maximum Gasteiger partial charge on any atom is 0.00643 e. The molecule has 1 atom stereocenters. The second-order valence-electron chi connectivity index (χ2n) is 5.60. The van der Waals surface area contributed by atoms with Crippen LogP contribution in [0.3, 0.4) is 0 Å². The van der Waals surface area contributed by atoms with Crippen molar-refractivity contribution >= 4 is 10.8 Å². The summed E-state index contributed by atoms with van der Waals surface area (Å²) in [6.07, 6.45) is 5.69. The van der Waals surface area contributed by atoms with E-state index in [0.717, 1.165) is 12.5 Å². The van der Waals surface area contributed by atoms with Crippen LogP contribution in [0.15, 0.2) is 55.1 Å². The third-order valence-electron chi connectivity index (χ3n) is 4.13. The van der Waals surface area contributed by atoms with Crippen LogP contribution in [0.5, 0.6) is 0 Å². The molecule has 1 heterocycles. The summed E-state index contributed by atoms with van der Waals surface area (Å²) in [6, 6.07) is 15.7. The fourth-order valence-corrected chi connectivity index (χ4v) is 2.70. The van der Waals surface area contributed by atoms with E-state index < -0.39 is 0 Å². The van der Waals surface area contributed by atoms with Crippen molar-refractivity contribution in [1.29, 1.82) is 0 Å². The van der Waals surface area contributed by atoms with Crippen molar-refractivity contribution in [3.8, 4) is 0 Å². The third kappa shape index (κ3) is 3.71. The summed E-state index contributed by atoms with van der Waals surface area (Å²) in [4.78, 5) is 2.40. The Morgan fingerprint density at radius 1 is 1.20 bits per heavy atom. The van der Waals surface area contributed by atoms with E-state index in [2.05, 4.69) is 67.9 Å². The van der Waals surface area contributed by atoms with E-state index >= 15 is 0 Å². The SMILES string of the molecule is C=CCc1cccc2ccccc12.CC1CCCN1C. The van der Waals surface area contributed by atoms with Gasteiger partial charge in [-0.05, 0) is 56.1 Å². The minimum atomic E-state index is 0.847. The van der Waals surface area contributed by atoms with Gasteiger partial charge in [-0.1, -0.05) is 48.5 Å². The fraction of sp³-hybridized carbons (Fsp3) is 0.368. The zero-order valence-corrected chi connectivity index (χ0v) is 12.7. The van der Waals surface area contributed by atoms with Crippen LogP contribution in [-0.2, 0) is 6.42 Å². The highest BCUT2D eigenvalue weighted by molar-refractivity contribution is 5.85. The minimum absolute atomic E-state index is 0.847. The van der Waals surface area contributed by atoms with Gasteiger partial charge < -0.3 is 4.90 Å². The Balaban J connectivity index is 0.000000178. The van der Waals surface area contributed by atoms with Crippen molar-refractivity contribution in [2.24, 2.45) is 0 Å². The Morgan fingerprint density at radius 3 is 2.55 bits per heavy atom. The smallest absolute Gasteiger partial charge is 0.00643 e. The summed E-state index contributed by atoms with van der Waals surface area (Å²) >= 11 is 0. The molecule has 1 aliphatic heterocycles. The van der Waals surface area contributed by atoms with E-state index in [4.69, 9.17) is 0 Å². The molecule has 0 amide bonds. The molecular weight excluding hydrogens is 242 g/mol. The normalized spacial score (nSPS) is 18.6. The van der Waals surface area contributed by atoms with Gasteiger partial charge in [0, 0.05) is 6.04 Å². The predicted octanol–water partition coefficient (Wildman–Crippen LogP) is 4.67. The summed E-state index contributed by atoms with van der Waals surface area (Å²) in [6.45, 7) is 7.35. The second kappa shape index (κ2) is 7.25. The first-order valence-electron chi connectivity index (χ1n) is 7.50. The Hall–Kier alpha value is -1.60. The van der Waals surface area contributed by atoms with Crippen LogP contribution in [0.1, 0.15) is 25.3 Å². The van der Waals surface area contributed by atoms with Gasteiger partial charge in [0.15, 0.2) is 0 Å². The highest BCUT2D eigenvalue weighted by Crippen LogP contribution is 2.18. The largest absolute Gasteiger partial charge is 0.304 e. The summed E-state index contributed by atoms with van der Waals surface area (Å²) in [5, 5.41) is 2.65. The third-order valence-corrected chi connectivity index (χ3v) is 4.13. The monoisotopic (exact) mass is 267 g/mol. The van der Waals surface area contributed by atoms with Gasteiger partial charge in [-0.15, -0.1) is 6.58 Å². The lowest BCUT2D eigenvalue weighted by molar-refractivity contribution is 0.331. The van der Waals surface area contributed by atoms with Gasteiger partial charge in [-0.25, -0.2) is 0 Å². The molecule has 1 heteroatoms. The van der Waals surface area contributed by atoms with Crippen LogP contribution >= 0.6 is 0 Å². The van der Waals surface area contributed by atoms with E-state index in [0.29, 0.717) is 0 Å². The Bertz CT molecular complexity index is 545. The lowest BCUT2D eigenvalue weighted by atomic mass is 10.0. The standard InChI is InChI=1S/C13H12.C6H13N/c1-2-6-11-8-5-9-12-7-3-4-10-13(11)12;1-6-4-3-5-7(6)2/h2-5,7-10H,1,6H2;6H,3-5H2,1-2H3. The lowest BCUT2D eigenvalue weighted by Gasteiger charge is -2.12. The van der Waals surface area contributed by atoms with E-state index in [-0.39, 0.29) is 0 Å². The molecule has 0 saturated carbocycles. The molecule has 1 unspecified atom stereocenters. The zero-order valence-electron chi connectivity index (χ0n) is 12.7. The van der Waals surface area contributed by atoms with Crippen molar-refractivity contribution in [3.05, 3.63) is 60.7 Å². The van der Waals surface area contributed by atoms with Crippen LogP contribution < -0.4 is 0 Å². The molecule has 0 aliphatic carbocycles. The van der Waals surface area contributed by atoms with E-state index in [1.165, 1.54) is 35.7 Å². The van der Waals surface area contributed by atoms with E-state index in [9.17, 15) is 0 Å². The first-order chi connectivity index (χ1) is 9.72. The summed E-state index contributed by atoms with van der Waals surface area (Å²) < 4.78 is 0. The van der Waals surface area contributed by atoms with Gasteiger partial charge in [0.25, 0.3) is 0 Å². The number of hydrogen-bond acceptors (Lipinski definition) is 1. The van der Waals surface area contributed by atoms with Gasteiger partial charge in [-0.3, -0.25) is 0 Å². The minimum Gasteiger partial charge on any atom is -0.304 e. The molecule has 1 nitrogen and oxygen atoms in total. The molecular formula is C19H25N. The molecule has 1 saturated heterocycles. The molecule has 2 aromatic rings. The Labute approximate surface area is 122 Å². The number of hydrogen-bond donors (Lipinski definition) is 0.